The Kier molecular flexibility index (Phi) is 5.71. The highest BCUT2D eigenvalue weighted by Gasteiger charge is 2.25. The summed E-state index contributed by atoms with van der Waals surface area (Å²) in [5.74, 6) is -1.50. The van der Waals surface area contributed by atoms with Crippen LogP contribution in [0.4, 0.5) is 0 Å². The van der Waals surface area contributed by atoms with Crippen LogP contribution in [0, 0.1) is 0 Å². The minimum atomic E-state index is -1.01. The highest BCUT2D eigenvalue weighted by Crippen LogP contribution is 2.26. The Labute approximate surface area is 110 Å². The molecule has 0 bridgehead atoms. The van der Waals surface area contributed by atoms with Crippen LogP contribution in [0.25, 0.3) is 0 Å². The van der Waals surface area contributed by atoms with E-state index in [9.17, 15) is 9.59 Å². The maximum Gasteiger partial charge on any atom is 0.320 e. The summed E-state index contributed by atoms with van der Waals surface area (Å²) in [5, 5.41) is 8.11. The molecule has 18 heavy (non-hydrogen) atoms. The lowest BCUT2D eigenvalue weighted by molar-refractivity contribution is -0.149. The van der Waals surface area contributed by atoms with Gasteiger partial charge in [0, 0.05) is 4.90 Å². The van der Waals surface area contributed by atoms with Crippen LogP contribution in [0.15, 0.2) is 35.2 Å². The Morgan fingerprint density at radius 3 is 2.39 bits per heavy atom. The van der Waals surface area contributed by atoms with Crippen LogP contribution in [0.1, 0.15) is 20.3 Å². The normalized spacial score (nSPS) is 12.2. The van der Waals surface area contributed by atoms with Gasteiger partial charge in [-0.3, -0.25) is 9.59 Å². The molecule has 1 aromatic rings. The summed E-state index contributed by atoms with van der Waals surface area (Å²) >= 11 is 1.21. The number of carbonyl (C=O) groups excluding carboxylic acids is 1. The maximum atomic E-state index is 11.8. The van der Waals surface area contributed by atoms with Gasteiger partial charge in [0.2, 0.25) is 0 Å². The van der Waals surface area contributed by atoms with Crippen molar-refractivity contribution in [1.82, 2.24) is 0 Å². The van der Waals surface area contributed by atoms with Crippen molar-refractivity contribution in [3.05, 3.63) is 30.3 Å². The van der Waals surface area contributed by atoms with E-state index in [1.54, 1.807) is 13.8 Å². The fourth-order valence-electron chi connectivity index (χ4n) is 1.30. The molecule has 0 amide bonds. The number of aliphatic carboxylic acids is 1. The molecule has 1 unspecified atom stereocenters. The Balaban J connectivity index is 2.72. The van der Waals surface area contributed by atoms with Crippen molar-refractivity contribution in [2.75, 3.05) is 0 Å². The standard InChI is InChI=1S/C13H16O4S/c1-9(2)17-13(16)11(8-12(14)15)18-10-6-4-3-5-7-10/h3-7,9,11H,8H2,1-2H3,(H,14,15). The fraction of sp³-hybridized carbons (Fsp3) is 0.385. The number of hydrogen-bond acceptors (Lipinski definition) is 4. The predicted octanol–water partition coefficient (Wildman–Crippen LogP) is 2.57. The lowest BCUT2D eigenvalue weighted by atomic mass is 10.3. The molecule has 0 radical (unpaired) electrons. The number of rotatable bonds is 6. The predicted molar refractivity (Wildman–Crippen MR) is 69.6 cm³/mol. The van der Waals surface area contributed by atoms with E-state index in [0.29, 0.717) is 0 Å². The number of hydrogen-bond donors (Lipinski definition) is 1. The van der Waals surface area contributed by atoms with Crippen molar-refractivity contribution in [3.8, 4) is 0 Å². The molecular weight excluding hydrogens is 252 g/mol. The number of ether oxygens (including phenoxy) is 1. The van der Waals surface area contributed by atoms with Gasteiger partial charge in [0.1, 0.15) is 5.25 Å². The first-order valence-electron chi connectivity index (χ1n) is 5.63. The molecule has 0 aliphatic carbocycles. The highest BCUT2D eigenvalue weighted by molar-refractivity contribution is 8.00. The molecule has 1 rings (SSSR count). The maximum absolute atomic E-state index is 11.8. The second-order valence-corrected chi connectivity index (χ2v) is 5.28. The molecule has 1 aromatic carbocycles. The van der Waals surface area contributed by atoms with Gasteiger partial charge in [0.05, 0.1) is 12.5 Å². The van der Waals surface area contributed by atoms with Crippen LogP contribution in [0.2, 0.25) is 0 Å². The molecule has 0 aliphatic heterocycles. The Bertz CT molecular complexity index is 403. The van der Waals surface area contributed by atoms with E-state index >= 15 is 0 Å². The van der Waals surface area contributed by atoms with Crippen LogP contribution in [0.3, 0.4) is 0 Å². The topological polar surface area (TPSA) is 63.6 Å². The molecule has 0 aliphatic rings. The third-order valence-corrected chi connectivity index (χ3v) is 3.18. The van der Waals surface area contributed by atoms with Crippen LogP contribution in [-0.4, -0.2) is 28.4 Å². The Morgan fingerprint density at radius 1 is 1.28 bits per heavy atom. The first kappa shape index (κ1) is 14.6. The van der Waals surface area contributed by atoms with Gasteiger partial charge in [0.15, 0.2) is 0 Å². The molecule has 0 aromatic heterocycles. The molecule has 0 saturated carbocycles. The minimum Gasteiger partial charge on any atom is -0.481 e. The lowest BCUT2D eigenvalue weighted by Gasteiger charge is -2.15. The molecule has 0 spiro atoms. The molecule has 0 heterocycles. The van der Waals surface area contributed by atoms with Crippen LogP contribution < -0.4 is 0 Å². The van der Waals surface area contributed by atoms with Crippen molar-refractivity contribution in [1.29, 1.82) is 0 Å². The summed E-state index contributed by atoms with van der Waals surface area (Å²) in [7, 11) is 0. The zero-order chi connectivity index (χ0) is 13.5. The van der Waals surface area contributed by atoms with E-state index in [2.05, 4.69) is 0 Å². The van der Waals surface area contributed by atoms with Gasteiger partial charge in [0.25, 0.3) is 0 Å². The van der Waals surface area contributed by atoms with Crippen molar-refractivity contribution < 1.29 is 19.4 Å². The smallest absolute Gasteiger partial charge is 0.320 e. The minimum absolute atomic E-state index is 0.245. The number of thioether (sulfide) groups is 1. The van der Waals surface area contributed by atoms with Crippen LogP contribution in [-0.2, 0) is 14.3 Å². The second kappa shape index (κ2) is 7.06. The van der Waals surface area contributed by atoms with E-state index in [0.717, 1.165) is 4.90 Å². The van der Waals surface area contributed by atoms with Crippen LogP contribution in [0.5, 0.6) is 0 Å². The molecule has 0 fully saturated rings. The average molecular weight is 268 g/mol. The molecule has 98 valence electrons. The largest absolute Gasteiger partial charge is 0.481 e. The van der Waals surface area contributed by atoms with Gasteiger partial charge in [-0.15, -0.1) is 11.8 Å². The van der Waals surface area contributed by atoms with Crippen molar-refractivity contribution >= 4 is 23.7 Å². The zero-order valence-electron chi connectivity index (χ0n) is 10.3. The third kappa shape index (κ3) is 5.23. The van der Waals surface area contributed by atoms with E-state index < -0.39 is 17.2 Å². The number of benzene rings is 1. The van der Waals surface area contributed by atoms with Crippen molar-refractivity contribution in [2.45, 2.75) is 36.5 Å². The Morgan fingerprint density at radius 2 is 1.89 bits per heavy atom. The zero-order valence-corrected chi connectivity index (χ0v) is 11.1. The molecular formula is C13H16O4S. The summed E-state index contributed by atoms with van der Waals surface area (Å²) in [6.07, 6.45) is -0.490. The summed E-state index contributed by atoms with van der Waals surface area (Å²) < 4.78 is 5.06. The molecule has 0 saturated heterocycles. The quantitative estimate of drug-likeness (QED) is 0.634. The molecule has 1 atom stereocenters. The SMILES string of the molecule is CC(C)OC(=O)C(CC(=O)O)Sc1ccccc1. The van der Waals surface area contributed by atoms with E-state index in [1.165, 1.54) is 11.8 Å². The molecule has 1 N–H and O–H groups in total. The Hall–Kier alpha value is -1.49. The van der Waals surface area contributed by atoms with Crippen molar-refractivity contribution in [2.24, 2.45) is 0 Å². The van der Waals surface area contributed by atoms with E-state index in [-0.39, 0.29) is 12.5 Å². The summed E-state index contributed by atoms with van der Waals surface area (Å²) in [4.78, 5) is 23.4. The van der Waals surface area contributed by atoms with Gasteiger partial charge in [-0.2, -0.15) is 0 Å². The average Bonchev–Trinajstić information content (AvgIpc) is 2.28. The van der Waals surface area contributed by atoms with Crippen molar-refractivity contribution in [3.63, 3.8) is 0 Å². The van der Waals surface area contributed by atoms with Gasteiger partial charge >= 0.3 is 11.9 Å². The van der Waals surface area contributed by atoms with Gasteiger partial charge in [-0.25, -0.2) is 0 Å². The lowest BCUT2D eigenvalue weighted by Crippen LogP contribution is -2.25. The molecule has 5 heteroatoms. The number of esters is 1. The summed E-state index contributed by atoms with van der Waals surface area (Å²) in [6.45, 7) is 3.48. The first-order valence-corrected chi connectivity index (χ1v) is 6.51. The van der Waals surface area contributed by atoms with Crippen LogP contribution >= 0.6 is 11.8 Å². The monoisotopic (exact) mass is 268 g/mol. The first-order chi connectivity index (χ1) is 8.49. The number of carbonyl (C=O) groups is 2. The fourth-order valence-corrected chi connectivity index (χ4v) is 2.32. The summed E-state index contributed by atoms with van der Waals surface area (Å²) in [5.41, 5.74) is 0. The van der Waals surface area contributed by atoms with E-state index in [1.807, 2.05) is 30.3 Å². The number of carboxylic acid groups (broad SMARTS) is 1. The second-order valence-electron chi connectivity index (χ2n) is 4.00. The van der Waals surface area contributed by atoms with E-state index in [4.69, 9.17) is 9.84 Å². The number of carboxylic acids is 1. The summed E-state index contributed by atoms with van der Waals surface area (Å²) in [6, 6.07) is 9.22. The van der Waals surface area contributed by atoms with Gasteiger partial charge < -0.3 is 9.84 Å². The molecule has 4 nitrogen and oxygen atoms in total. The third-order valence-electron chi connectivity index (χ3n) is 2.00. The highest BCUT2D eigenvalue weighted by atomic mass is 32.2. The van der Waals surface area contributed by atoms with Gasteiger partial charge in [-0.05, 0) is 26.0 Å². The van der Waals surface area contributed by atoms with Gasteiger partial charge in [-0.1, -0.05) is 18.2 Å².